The smallest absolute Gasteiger partial charge is 0.342 e. The number of rotatable bonds is 4. The largest absolute Gasteiger partial charge is 0.507 e. The highest BCUT2D eigenvalue weighted by Crippen LogP contribution is 2.21. The Morgan fingerprint density at radius 2 is 1.81 bits per heavy atom. The molecule has 0 fully saturated rings. The standard InChI is InChI=1S/C15H12BrNO4/c16-10-3-1-9(2-4-10)14(19)8-21-15(20)12-6-5-11(17)7-13(12)18/h1-7,18H,8,17H2. The van der Waals surface area contributed by atoms with Gasteiger partial charge in [0.25, 0.3) is 0 Å². The van der Waals surface area contributed by atoms with E-state index >= 15 is 0 Å². The summed E-state index contributed by atoms with van der Waals surface area (Å²) in [6, 6.07) is 10.8. The quantitative estimate of drug-likeness (QED) is 0.503. The van der Waals surface area contributed by atoms with E-state index in [-0.39, 0.29) is 17.1 Å². The lowest BCUT2D eigenvalue weighted by Gasteiger charge is -2.06. The Morgan fingerprint density at radius 1 is 1.14 bits per heavy atom. The number of phenols is 1. The van der Waals surface area contributed by atoms with Crippen LogP contribution >= 0.6 is 15.9 Å². The summed E-state index contributed by atoms with van der Waals surface area (Å²) in [7, 11) is 0. The van der Waals surface area contributed by atoms with Gasteiger partial charge >= 0.3 is 5.97 Å². The molecule has 3 N–H and O–H groups in total. The van der Waals surface area contributed by atoms with Gasteiger partial charge in [-0.15, -0.1) is 0 Å². The van der Waals surface area contributed by atoms with Gasteiger partial charge < -0.3 is 15.6 Å². The molecule has 21 heavy (non-hydrogen) atoms. The number of nitrogen functional groups attached to an aromatic ring is 1. The van der Waals surface area contributed by atoms with Crippen molar-refractivity contribution in [2.24, 2.45) is 0 Å². The van der Waals surface area contributed by atoms with Gasteiger partial charge in [-0.05, 0) is 24.3 Å². The normalized spacial score (nSPS) is 10.1. The number of nitrogens with two attached hydrogens (primary N) is 1. The molecule has 0 aliphatic rings. The van der Waals surface area contributed by atoms with E-state index in [0.717, 1.165) is 4.47 Å². The second-order valence-electron chi connectivity index (χ2n) is 4.28. The number of ketones is 1. The molecular weight excluding hydrogens is 338 g/mol. The second kappa shape index (κ2) is 6.41. The van der Waals surface area contributed by atoms with Crippen LogP contribution in [0.25, 0.3) is 0 Å². The minimum Gasteiger partial charge on any atom is -0.507 e. The Hall–Kier alpha value is -2.34. The first-order valence-corrected chi connectivity index (χ1v) is 6.81. The van der Waals surface area contributed by atoms with Crippen molar-refractivity contribution in [2.75, 3.05) is 12.3 Å². The van der Waals surface area contributed by atoms with Gasteiger partial charge in [-0.25, -0.2) is 4.79 Å². The van der Waals surface area contributed by atoms with Gasteiger partial charge in [0.2, 0.25) is 0 Å². The Morgan fingerprint density at radius 3 is 2.43 bits per heavy atom. The van der Waals surface area contributed by atoms with Gasteiger partial charge in [0.15, 0.2) is 12.4 Å². The molecule has 6 heteroatoms. The lowest BCUT2D eigenvalue weighted by Crippen LogP contribution is -2.14. The summed E-state index contributed by atoms with van der Waals surface area (Å²) in [5, 5.41) is 9.60. The molecule has 0 amide bonds. The predicted molar refractivity (Wildman–Crippen MR) is 81.3 cm³/mol. The number of Topliss-reactive ketones (excluding diaryl/α,β-unsaturated/α-hetero) is 1. The zero-order valence-corrected chi connectivity index (χ0v) is 12.5. The first kappa shape index (κ1) is 15.1. The molecule has 0 aliphatic carbocycles. The van der Waals surface area contributed by atoms with Crippen molar-refractivity contribution in [2.45, 2.75) is 0 Å². The highest BCUT2D eigenvalue weighted by Gasteiger charge is 2.15. The first-order valence-electron chi connectivity index (χ1n) is 6.02. The lowest BCUT2D eigenvalue weighted by molar-refractivity contribution is 0.0472. The number of hydrogen-bond donors (Lipinski definition) is 2. The van der Waals surface area contributed by atoms with Crippen LogP contribution in [0.4, 0.5) is 5.69 Å². The summed E-state index contributed by atoms with van der Waals surface area (Å²) in [4.78, 5) is 23.6. The summed E-state index contributed by atoms with van der Waals surface area (Å²) in [5.41, 5.74) is 6.20. The van der Waals surface area contributed by atoms with Crippen molar-refractivity contribution >= 4 is 33.4 Å². The van der Waals surface area contributed by atoms with Crippen molar-refractivity contribution in [3.8, 4) is 5.75 Å². The number of anilines is 1. The number of hydrogen-bond acceptors (Lipinski definition) is 5. The number of aromatic hydroxyl groups is 1. The average molecular weight is 350 g/mol. The minimum absolute atomic E-state index is 0.0344. The molecule has 0 heterocycles. The first-order chi connectivity index (χ1) is 9.97. The van der Waals surface area contributed by atoms with Crippen LogP contribution in [0.2, 0.25) is 0 Å². The molecule has 108 valence electrons. The zero-order chi connectivity index (χ0) is 15.4. The monoisotopic (exact) mass is 349 g/mol. The van der Waals surface area contributed by atoms with Crippen LogP contribution < -0.4 is 5.73 Å². The van der Waals surface area contributed by atoms with Gasteiger partial charge in [-0.2, -0.15) is 0 Å². The third-order valence-corrected chi connectivity index (χ3v) is 3.27. The van der Waals surface area contributed by atoms with E-state index in [1.807, 2.05) is 0 Å². The molecule has 0 bridgehead atoms. The van der Waals surface area contributed by atoms with Crippen LogP contribution in [0, 0.1) is 0 Å². The number of phenolic OH excluding ortho intramolecular Hbond substituents is 1. The molecule has 0 saturated carbocycles. The Balaban J connectivity index is 2.00. The predicted octanol–water partition coefficient (Wildman–Crippen LogP) is 2.78. The summed E-state index contributed by atoms with van der Waals surface area (Å²) in [6.45, 7) is -0.399. The lowest BCUT2D eigenvalue weighted by atomic mass is 10.1. The number of halogens is 1. The van der Waals surface area contributed by atoms with Crippen LogP contribution in [-0.4, -0.2) is 23.5 Å². The fourth-order valence-corrected chi connectivity index (χ4v) is 1.91. The van der Waals surface area contributed by atoms with Crippen molar-refractivity contribution < 1.29 is 19.4 Å². The molecule has 0 aliphatic heterocycles. The van der Waals surface area contributed by atoms with Crippen molar-refractivity contribution in [1.82, 2.24) is 0 Å². The fraction of sp³-hybridized carbons (Fsp3) is 0.0667. The second-order valence-corrected chi connectivity index (χ2v) is 5.20. The van der Waals surface area contributed by atoms with Gasteiger partial charge in [0.1, 0.15) is 11.3 Å². The maximum absolute atomic E-state index is 11.9. The van der Waals surface area contributed by atoms with Crippen LogP contribution in [-0.2, 0) is 4.74 Å². The van der Waals surface area contributed by atoms with Crippen LogP contribution in [0.5, 0.6) is 5.75 Å². The summed E-state index contributed by atoms with van der Waals surface area (Å²) in [5.74, 6) is -1.39. The molecule has 0 atom stereocenters. The van der Waals surface area contributed by atoms with Crippen molar-refractivity contribution in [1.29, 1.82) is 0 Å². The number of esters is 1. The Labute approximate surface area is 129 Å². The van der Waals surface area contributed by atoms with Gasteiger partial charge in [0.05, 0.1) is 0 Å². The highest BCUT2D eigenvalue weighted by atomic mass is 79.9. The number of carbonyl (C=O) groups is 2. The number of ether oxygens (including phenoxy) is 1. The molecule has 0 spiro atoms. The maximum Gasteiger partial charge on any atom is 0.342 e. The number of carbonyl (C=O) groups excluding carboxylic acids is 2. The molecule has 5 nitrogen and oxygen atoms in total. The molecule has 2 rings (SSSR count). The molecule has 0 aromatic heterocycles. The minimum atomic E-state index is -0.780. The fourth-order valence-electron chi connectivity index (χ4n) is 1.65. The summed E-state index contributed by atoms with van der Waals surface area (Å²) >= 11 is 3.27. The third-order valence-electron chi connectivity index (χ3n) is 2.74. The van der Waals surface area contributed by atoms with Gasteiger partial charge in [-0.1, -0.05) is 28.1 Å². The zero-order valence-electron chi connectivity index (χ0n) is 10.9. The van der Waals surface area contributed by atoms with Crippen molar-refractivity contribution in [3.05, 3.63) is 58.1 Å². The molecular formula is C15H12BrNO4. The van der Waals surface area contributed by atoms with Gasteiger partial charge in [-0.3, -0.25) is 4.79 Å². The van der Waals surface area contributed by atoms with E-state index in [4.69, 9.17) is 10.5 Å². The van der Waals surface area contributed by atoms with E-state index < -0.39 is 12.6 Å². The van der Waals surface area contributed by atoms with E-state index in [9.17, 15) is 14.7 Å². The maximum atomic E-state index is 11.9. The van der Waals surface area contributed by atoms with Crippen LogP contribution in [0.3, 0.4) is 0 Å². The molecule has 0 saturated heterocycles. The Kier molecular flexibility index (Phi) is 4.59. The highest BCUT2D eigenvalue weighted by molar-refractivity contribution is 9.10. The van der Waals surface area contributed by atoms with Gasteiger partial charge in [0, 0.05) is 21.8 Å². The van der Waals surface area contributed by atoms with E-state index in [1.54, 1.807) is 24.3 Å². The number of benzene rings is 2. The Bertz CT molecular complexity index is 683. The van der Waals surface area contributed by atoms with E-state index in [1.165, 1.54) is 18.2 Å². The van der Waals surface area contributed by atoms with E-state index in [2.05, 4.69) is 15.9 Å². The average Bonchev–Trinajstić information content (AvgIpc) is 2.45. The van der Waals surface area contributed by atoms with Crippen LogP contribution in [0.15, 0.2) is 46.9 Å². The van der Waals surface area contributed by atoms with Crippen LogP contribution in [0.1, 0.15) is 20.7 Å². The van der Waals surface area contributed by atoms with E-state index in [0.29, 0.717) is 11.3 Å². The molecule has 0 unspecified atom stereocenters. The summed E-state index contributed by atoms with van der Waals surface area (Å²) in [6.07, 6.45) is 0. The molecule has 0 radical (unpaired) electrons. The molecule has 2 aromatic rings. The molecule has 2 aromatic carbocycles. The topological polar surface area (TPSA) is 89.6 Å². The SMILES string of the molecule is Nc1ccc(C(=O)OCC(=O)c2ccc(Br)cc2)c(O)c1. The third kappa shape index (κ3) is 3.82. The summed E-state index contributed by atoms with van der Waals surface area (Å²) < 4.78 is 5.74. The van der Waals surface area contributed by atoms with Crippen molar-refractivity contribution in [3.63, 3.8) is 0 Å².